The molecule has 5 nitrogen and oxygen atoms in total. The molecule has 5 heteroatoms. The highest BCUT2D eigenvalue weighted by atomic mass is 15.2. The highest BCUT2D eigenvalue weighted by Crippen LogP contribution is 2.37. The van der Waals surface area contributed by atoms with Gasteiger partial charge in [-0.25, -0.2) is 9.97 Å². The van der Waals surface area contributed by atoms with E-state index in [1.165, 1.54) is 32.6 Å². The van der Waals surface area contributed by atoms with E-state index in [9.17, 15) is 0 Å². The average molecular weight is 576 g/mol. The van der Waals surface area contributed by atoms with E-state index in [1.807, 2.05) is 12.3 Å². The minimum Gasteiger partial charge on any atom is -0.309 e. The monoisotopic (exact) mass is 575 g/mol. The van der Waals surface area contributed by atoms with E-state index in [4.69, 9.17) is 9.97 Å². The summed E-state index contributed by atoms with van der Waals surface area (Å²) >= 11 is 0. The Balaban J connectivity index is 1.22. The Labute approximate surface area is 257 Å². The van der Waals surface area contributed by atoms with E-state index in [-0.39, 0.29) is 0 Å². The SMILES string of the molecule is c1cc(-n2c3ccccc3c3ccccc32)nc(-n2c3ccc(-n4c5ccccc5c5ccccc54)cc3c3cccnc32)c1. The van der Waals surface area contributed by atoms with Crippen LogP contribution < -0.4 is 0 Å². The lowest BCUT2D eigenvalue weighted by Gasteiger charge is -2.12. The lowest BCUT2D eigenvalue weighted by atomic mass is 10.1. The standard InChI is InChI=1S/C40H25N5/c1-5-16-33-27(11-1)28-12-2-6-17-34(28)43(33)26-22-23-37-32(25-26)31-15-10-24-41-40(31)45(37)39-21-9-20-38(42-39)44-35-18-7-3-13-29(35)30-14-4-8-19-36(30)44/h1-25H. The molecule has 0 saturated carbocycles. The molecule has 10 aromatic rings. The van der Waals surface area contributed by atoms with Crippen LogP contribution in [0.15, 0.2) is 152 Å². The summed E-state index contributed by atoms with van der Waals surface area (Å²) in [7, 11) is 0. The molecule has 0 atom stereocenters. The normalized spacial score (nSPS) is 12.0. The van der Waals surface area contributed by atoms with Gasteiger partial charge in [0, 0.05) is 44.2 Å². The molecule has 0 saturated heterocycles. The average Bonchev–Trinajstić information content (AvgIpc) is 3.74. The van der Waals surface area contributed by atoms with Gasteiger partial charge in [-0.3, -0.25) is 9.13 Å². The van der Waals surface area contributed by atoms with Crippen LogP contribution in [-0.2, 0) is 0 Å². The van der Waals surface area contributed by atoms with Crippen molar-refractivity contribution in [2.24, 2.45) is 0 Å². The minimum absolute atomic E-state index is 0.831. The maximum Gasteiger partial charge on any atom is 0.146 e. The van der Waals surface area contributed by atoms with Gasteiger partial charge in [0.15, 0.2) is 0 Å². The second kappa shape index (κ2) is 9.15. The van der Waals surface area contributed by atoms with Gasteiger partial charge in [-0.1, -0.05) is 78.9 Å². The Bertz CT molecular complexity index is 2670. The second-order valence-corrected chi connectivity index (χ2v) is 11.5. The van der Waals surface area contributed by atoms with Crippen LogP contribution in [-0.4, -0.2) is 23.7 Å². The van der Waals surface area contributed by atoms with E-state index in [2.05, 4.69) is 153 Å². The van der Waals surface area contributed by atoms with Gasteiger partial charge in [0.25, 0.3) is 0 Å². The molecule has 45 heavy (non-hydrogen) atoms. The van der Waals surface area contributed by atoms with E-state index in [1.54, 1.807) is 0 Å². The molecular formula is C40H25N5. The number of para-hydroxylation sites is 4. The van der Waals surface area contributed by atoms with Gasteiger partial charge < -0.3 is 4.57 Å². The van der Waals surface area contributed by atoms with Crippen LogP contribution in [0.1, 0.15) is 0 Å². The van der Waals surface area contributed by atoms with E-state index >= 15 is 0 Å². The Morgan fingerprint density at radius 3 is 1.44 bits per heavy atom. The summed E-state index contributed by atoms with van der Waals surface area (Å²) in [6, 6.07) is 51.5. The molecule has 0 fully saturated rings. The smallest absolute Gasteiger partial charge is 0.146 e. The minimum atomic E-state index is 0.831. The maximum absolute atomic E-state index is 5.29. The van der Waals surface area contributed by atoms with E-state index in [0.717, 1.165) is 50.3 Å². The van der Waals surface area contributed by atoms with Crippen molar-refractivity contribution in [1.29, 1.82) is 0 Å². The summed E-state index contributed by atoms with van der Waals surface area (Å²) in [4.78, 5) is 10.2. The Morgan fingerprint density at radius 2 is 0.844 bits per heavy atom. The second-order valence-electron chi connectivity index (χ2n) is 11.5. The van der Waals surface area contributed by atoms with Crippen molar-refractivity contribution in [1.82, 2.24) is 23.7 Å². The van der Waals surface area contributed by atoms with Crippen molar-refractivity contribution in [3.8, 4) is 17.3 Å². The number of pyridine rings is 2. The zero-order valence-electron chi connectivity index (χ0n) is 24.2. The molecule has 0 N–H and O–H groups in total. The zero-order chi connectivity index (χ0) is 29.5. The first-order valence-corrected chi connectivity index (χ1v) is 15.2. The first-order valence-electron chi connectivity index (χ1n) is 15.2. The number of nitrogens with zero attached hydrogens (tertiary/aromatic N) is 5. The summed E-state index contributed by atoms with van der Waals surface area (Å²) in [6.45, 7) is 0. The third kappa shape index (κ3) is 3.38. The molecule has 5 aromatic carbocycles. The lowest BCUT2D eigenvalue weighted by Crippen LogP contribution is -2.03. The summed E-state index contributed by atoms with van der Waals surface area (Å²) < 4.78 is 6.82. The van der Waals surface area contributed by atoms with Crippen molar-refractivity contribution in [2.45, 2.75) is 0 Å². The van der Waals surface area contributed by atoms with Gasteiger partial charge in [-0.15, -0.1) is 0 Å². The van der Waals surface area contributed by atoms with Crippen LogP contribution >= 0.6 is 0 Å². The molecule has 5 aromatic heterocycles. The molecule has 0 unspecified atom stereocenters. The quantitative estimate of drug-likeness (QED) is 0.210. The van der Waals surface area contributed by atoms with Crippen molar-refractivity contribution in [3.63, 3.8) is 0 Å². The van der Waals surface area contributed by atoms with Crippen LogP contribution in [0.3, 0.4) is 0 Å². The number of hydrogen-bond acceptors (Lipinski definition) is 2. The first-order chi connectivity index (χ1) is 22.3. The van der Waals surface area contributed by atoms with Crippen LogP contribution in [0.4, 0.5) is 0 Å². The molecule has 0 aliphatic rings. The molecule has 0 bridgehead atoms. The number of fused-ring (bicyclic) bond motifs is 9. The fourth-order valence-electron chi connectivity index (χ4n) is 7.24. The van der Waals surface area contributed by atoms with E-state index < -0.39 is 0 Å². The van der Waals surface area contributed by atoms with Gasteiger partial charge in [0.05, 0.1) is 27.6 Å². The highest BCUT2D eigenvalue weighted by molar-refractivity contribution is 6.12. The largest absolute Gasteiger partial charge is 0.309 e. The molecule has 0 spiro atoms. The molecule has 5 heterocycles. The third-order valence-corrected chi connectivity index (χ3v) is 9.11. The fraction of sp³-hybridized carbons (Fsp3) is 0. The lowest BCUT2D eigenvalue weighted by molar-refractivity contribution is 1.00. The molecule has 10 rings (SSSR count). The summed E-state index contributed by atoms with van der Waals surface area (Å²) in [5, 5.41) is 7.18. The van der Waals surface area contributed by atoms with Crippen molar-refractivity contribution >= 4 is 65.5 Å². The third-order valence-electron chi connectivity index (χ3n) is 9.11. The molecule has 0 radical (unpaired) electrons. The van der Waals surface area contributed by atoms with Gasteiger partial charge in [0.2, 0.25) is 0 Å². The predicted molar refractivity (Wildman–Crippen MR) is 185 cm³/mol. The maximum atomic E-state index is 5.29. The fourth-order valence-corrected chi connectivity index (χ4v) is 7.24. The number of hydrogen-bond donors (Lipinski definition) is 0. The van der Waals surface area contributed by atoms with Crippen LogP contribution in [0.25, 0.3) is 82.9 Å². The Morgan fingerprint density at radius 1 is 0.356 bits per heavy atom. The number of rotatable bonds is 3. The highest BCUT2D eigenvalue weighted by Gasteiger charge is 2.18. The first kappa shape index (κ1) is 24.3. The summed E-state index contributed by atoms with van der Waals surface area (Å²) in [6.07, 6.45) is 1.86. The zero-order valence-corrected chi connectivity index (χ0v) is 24.2. The topological polar surface area (TPSA) is 40.6 Å². The van der Waals surface area contributed by atoms with Gasteiger partial charge in [-0.2, -0.15) is 0 Å². The number of benzene rings is 5. The van der Waals surface area contributed by atoms with Crippen LogP contribution in [0.5, 0.6) is 0 Å². The van der Waals surface area contributed by atoms with Crippen LogP contribution in [0, 0.1) is 0 Å². The molecule has 0 aliphatic carbocycles. The van der Waals surface area contributed by atoms with Gasteiger partial charge >= 0.3 is 0 Å². The van der Waals surface area contributed by atoms with Crippen molar-refractivity contribution < 1.29 is 0 Å². The Hall–Kier alpha value is -6.20. The van der Waals surface area contributed by atoms with Crippen molar-refractivity contribution in [3.05, 3.63) is 152 Å². The predicted octanol–water partition coefficient (Wildman–Crippen LogP) is 9.77. The number of aromatic nitrogens is 5. The Kier molecular flexibility index (Phi) is 4.93. The van der Waals surface area contributed by atoms with E-state index in [0.29, 0.717) is 0 Å². The molecule has 0 amide bonds. The summed E-state index contributed by atoms with van der Waals surface area (Å²) in [5.74, 6) is 1.70. The van der Waals surface area contributed by atoms with Gasteiger partial charge in [-0.05, 0) is 66.7 Å². The van der Waals surface area contributed by atoms with Crippen LogP contribution in [0.2, 0.25) is 0 Å². The van der Waals surface area contributed by atoms with Gasteiger partial charge in [0.1, 0.15) is 17.3 Å². The molecule has 210 valence electrons. The molecular weight excluding hydrogens is 550 g/mol. The summed E-state index contributed by atoms with van der Waals surface area (Å²) in [5.41, 5.74) is 7.74. The van der Waals surface area contributed by atoms with Crippen molar-refractivity contribution in [2.75, 3.05) is 0 Å². The molecule has 0 aliphatic heterocycles.